The maximum absolute atomic E-state index is 11.1. The zero-order chi connectivity index (χ0) is 15.6. The minimum atomic E-state index is -0.899. The van der Waals surface area contributed by atoms with Crippen molar-refractivity contribution in [2.75, 3.05) is 0 Å². The van der Waals surface area contributed by atoms with Gasteiger partial charge in [-0.1, -0.05) is 20.8 Å². The standard InChI is InChI=1S/C13H17ClN4O3/c1-13(2,3)7-8(6-10(19)20)18-12(15-16-17-18)9-4-5-21-11(9)14/h4-5,8H,6-7H2,1-3H3,(H,19,20). The summed E-state index contributed by atoms with van der Waals surface area (Å²) in [6, 6.07) is 1.29. The molecule has 0 aliphatic carbocycles. The SMILES string of the molecule is CC(C)(C)CC(CC(=O)O)n1nnnc1-c1ccoc1Cl. The smallest absolute Gasteiger partial charge is 0.305 e. The molecule has 2 aromatic rings. The van der Waals surface area contributed by atoms with E-state index in [1.165, 1.54) is 10.9 Å². The van der Waals surface area contributed by atoms with E-state index in [-0.39, 0.29) is 23.1 Å². The molecule has 114 valence electrons. The Morgan fingerprint density at radius 1 is 1.52 bits per heavy atom. The summed E-state index contributed by atoms with van der Waals surface area (Å²) >= 11 is 5.95. The minimum absolute atomic E-state index is 0.0647. The Labute approximate surface area is 126 Å². The Kier molecular flexibility index (Phi) is 4.32. The molecule has 1 unspecified atom stereocenters. The van der Waals surface area contributed by atoms with Gasteiger partial charge >= 0.3 is 5.97 Å². The van der Waals surface area contributed by atoms with Crippen molar-refractivity contribution in [1.82, 2.24) is 20.2 Å². The van der Waals surface area contributed by atoms with Crippen molar-refractivity contribution < 1.29 is 14.3 Å². The Balaban J connectivity index is 2.39. The third kappa shape index (κ3) is 3.81. The van der Waals surface area contributed by atoms with Crippen molar-refractivity contribution in [2.45, 2.75) is 39.7 Å². The monoisotopic (exact) mass is 312 g/mol. The number of aliphatic carboxylic acids is 1. The lowest BCUT2D eigenvalue weighted by molar-refractivity contribution is -0.138. The average Bonchev–Trinajstić information content (AvgIpc) is 2.93. The molecule has 2 rings (SSSR count). The fourth-order valence-corrected chi connectivity index (χ4v) is 2.42. The third-order valence-electron chi connectivity index (χ3n) is 2.96. The van der Waals surface area contributed by atoms with E-state index in [0.29, 0.717) is 17.8 Å². The van der Waals surface area contributed by atoms with E-state index < -0.39 is 5.97 Å². The summed E-state index contributed by atoms with van der Waals surface area (Å²) in [5.41, 5.74) is 0.481. The van der Waals surface area contributed by atoms with Gasteiger partial charge in [-0.2, -0.15) is 0 Å². The van der Waals surface area contributed by atoms with Crippen LogP contribution in [0.15, 0.2) is 16.7 Å². The van der Waals surface area contributed by atoms with Crippen LogP contribution in [0.4, 0.5) is 0 Å². The van der Waals surface area contributed by atoms with E-state index in [9.17, 15) is 4.79 Å². The highest BCUT2D eigenvalue weighted by molar-refractivity contribution is 6.31. The predicted octanol–water partition coefficient (Wildman–Crippen LogP) is 3.04. The van der Waals surface area contributed by atoms with E-state index in [0.717, 1.165) is 0 Å². The van der Waals surface area contributed by atoms with Crippen LogP contribution in [-0.2, 0) is 4.79 Å². The van der Waals surface area contributed by atoms with Crippen LogP contribution in [0, 0.1) is 5.41 Å². The van der Waals surface area contributed by atoms with E-state index in [1.807, 2.05) is 20.8 Å². The fraction of sp³-hybridized carbons (Fsp3) is 0.538. The molecule has 0 aromatic carbocycles. The highest BCUT2D eigenvalue weighted by Crippen LogP contribution is 2.33. The van der Waals surface area contributed by atoms with Crippen LogP contribution in [0.5, 0.6) is 0 Å². The molecule has 0 radical (unpaired) electrons. The van der Waals surface area contributed by atoms with Crippen molar-refractivity contribution in [3.8, 4) is 11.4 Å². The van der Waals surface area contributed by atoms with Gasteiger partial charge in [0.05, 0.1) is 24.3 Å². The molecule has 0 aliphatic rings. The average molecular weight is 313 g/mol. The highest BCUT2D eigenvalue weighted by Gasteiger charge is 2.27. The molecule has 2 heterocycles. The Morgan fingerprint density at radius 2 is 2.24 bits per heavy atom. The van der Waals surface area contributed by atoms with Crippen molar-refractivity contribution in [3.05, 3.63) is 17.5 Å². The fourth-order valence-electron chi connectivity index (χ4n) is 2.22. The van der Waals surface area contributed by atoms with Crippen molar-refractivity contribution in [2.24, 2.45) is 5.41 Å². The molecule has 1 N–H and O–H groups in total. The van der Waals surface area contributed by atoms with E-state index in [2.05, 4.69) is 15.5 Å². The van der Waals surface area contributed by atoms with Gasteiger partial charge in [-0.25, -0.2) is 4.68 Å². The van der Waals surface area contributed by atoms with E-state index in [4.69, 9.17) is 21.1 Å². The summed E-state index contributed by atoms with van der Waals surface area (Å²) in [5.74, 6) is -0.492. The normalized spacial score (nSPS) is 13.3. The Hall–Kier alpha value is -1.89. The summed E-state index contributed by atoms with van der Waals surface area (Å²) in [4.78, 5) is 11.1. The third-order valence-corrected chi connectivity index (χ3v) is 3.25. The molecule has 1 atom stereocenters. The van der Waals surface area contributed by atoms with Crippen molar-refractivity contribution in [1.29, 1.82) is 0 Å². The summed E-state index contributed by atoms with van der Waals surface area (Å²) in [6.07, 6.45) is 1.99. The van der Waals surface area contributed by atoms with Gasteiger partial charge in [0.15, 0.2) is 5.82 Å². The summed E-state index contributed by atoms with van der Waals surface area (Å²) in [7, 11) is 0. The highest BCUT2D eigenvalue weighted by atomic mass is 35.5. The largest absolute Gasteiger partial charge is 0.481 e. The molecule has 8 heteroatoms. The zero-order valence-corrected chi connectivity index (χ0v) is 12.8. The molecular weight excluding hydrogens is 296 g/mol. The number of carboxylic acid groups (broad SMARTS) is 1. The van der Waals surface area contributed by atoms with E-state index >= 15 is 0 Å². The lowest BCUT2D eigenvalue weighted by atomic mass is 9.87. The van der Waals surface area contributed by atoms with Gasteiger partial charge < -0.3 is 9.52 Å². The number of carbonyl (C=O) groups is 1. The number of furan rings is 1. The Bertz CT molecular complexity index is 629. The maximum Gasteiger partial charge on any atom is 0.305 e. The molecule has 7 nitrogen and oxygen atoms in total. The number of nitrogens with zero attached hydrogens (tertiary/aromatic N) is 4. The van der Waals surface area contributed by atoms with Gasteiger partial charge in [0.1, 0.15) is 0 Å². The second-order valence-corrected chi connectivity index (χ2v) is 6.41. The predicted molar refractivity (Wildman–Crippen MR) is 75.9 cm³/mol. The van der Waals surface area contributed by atoms with Gasteiger partial charge in [0.25, 0.3) is 0 Å². The van der Waals surface area contributed by atoms with Crippen LogP contribution in [0.25, 0.3) is 11.4 Å². The first-order valence-electron chi connectivity index (χ1n) is 6.51. The first-order chi connectivity index (χ1) is 9.78. The summed E-state index contributed by atoms with van der Waals surface area (Å²) < 4.78 is 6.56. The first-order valence-corrected chi connectivity index (χ1v) is 6.89. The molecule has 0 saturated carbocycles. The quantitative estimate of drug-likeness (QED) is 0.912. The number of carboxylic acids is 1. The van der Waals surface area contributed by atoms with Gasteiger partial charge in [-0.05, 0) is 39.9 Å². The van der Waals surface area contributed by atoms with Crippen LogP contribution in [0.3, 0.4) is 0 Å². The molecule has 0 bridgehead atoms. The van der Waals surface area contributed by atoms with Crippen LogP contribution in [0.1, 0.15) is 39.7 Å². The van der Waals surface area contributed by atoms with Crippen molar-refractivity contribution >= 4 is 17.6 Å². The topological polar surface area (TPSA) is 94.0 Å². The van der Waals surface area contributed by atoms with Gasteiger partial charge in [0.2, 0.25) is 5.22 Å². The number of rotatable bonds is 5. The first kappa shape index (κ1) is 15.5. The van der Waals surface area contributed by atoms with Crippen LogP contribution >= 0.6 is 11.6 Å². The second-order valence-electron chi connectivity index (χ2n) is 6.07. The summed E-state index contributed by atoms with van der Waals surface area (Å²) in [5, 5.41) is 20.8. The lowest BCUT2D eigenvalue weighted by Gasteiger charge is -2.25. The summed E-state index contributed by atoms with van der Waals surface area (Å²) in [6.45, 7) is 6.12. The number of hydrogen-bond acceptors (Lipinski definition) is 5. The van der Waals surface area contributed by atoms with Crippen molar-refractivity contribution in [3.63, 3.8) is 0 Å². The maximum atomic E-state index is 11.1. The molecule has 21 heavy (non-hydrogen) atoms. The van der Waals surface area contributed by atoms with Gasteiger partial charge in [-0.15, -0.1) is 5.10 Å². The number of tetrazole rings is 1. The number of aromatic nitrogens is 4. The second kappa shape index (κ2) is 5.85. The number of halogens is 1. The lowest BCUT2D eigenvalue weighted by Crippen LogP contribution is -2.22. The molecule has 0 fully saturated rings. The van der Waals surface area contributed by atoms with E-state index in [1.54, 1.807) is 6.07 Å². The molecule has 0 amide bonds. The minimum Gasteiger partial charge on any atom is -0.481 e. The molecule has 0 aliphatic heterocycles. The Morgan fingerprint density at radius 3 is 2.76 bits per heavy atom. The molecule has 0 spiro atoms. The van der Waals surface area contributed by atoms with Gasteiger partial charge in [0, 0.05) is 0 Å². The van der Waals surface area contributed by atoms with Crippen LogP contribution in [-0.4, -0.2) is 31.3 Å². The molecular formula is C13H17ClN4O3. The van der Waals surface area contributed by atoms with Crippen LogP contribution in [0.2, 0.25) is 5.22 Å². The molecule has 2 aromatic heterocycles. The zero-order valence-electron chi connectivity index (χ0n) is 12.1. The number of hydrogen-bond donors (Lipinski definition) is 1. The van der Waals surface area contributed by atoms with Gasteiger partial charge in [-0.3, -0.25) is 4.79 Å². The molecule has 0 saturated heterocycles. The van der Waals surface area contributed by atoms with Crippen LogP contribution < -0.4 is 0 Å².